The lowest BCUT2D eigenvalue weighted by Crippen LogP contribution is -2.48. The maximum absolute atomic E-state index is 12.5. The van der Waals surface area contributed by atoms with Gasteiger partial charge in [0.25, 0.3) is 0 Å². The summed E-state index contributed by atoms with van der Waals surface area (Å²) in [5, 5.41) is 4.28. The first-order valence-corrected chi connectivity index (χ1v) is 8.66. The molecule has 0 saturated carbocycles. The van der Waals surface area contributed by atoms with Gasteiger partial charge in [-0.15, -0.1) is 0 Å². The molecular formula is C19H21N5O. The summed E-state index contributed by atoms with van der Waals surface area (Å²) in [6.07, 6.45) is 7.83. The Morgan fingerprint density at radius 1 is 1.24 bits per heavy atom. The van der Waals surface area contributed by atoms with E-state index in [1.807, 2.05) is 36.5 Å². The van der Waals surface area contributed by atoms with E-state index in [-0.39, 0.29) is 11.9 Å². The molecule has 6 heteroatoms. The van der Waals surface area contributed by atoms with E-state index in [4.69, 9.17) is 0 Å². The molecule has 1 fully saturated rings. The topological polar surface area (TPSA) is 73.9 Å². The van der Waals surface area contributed by atoms with Crippen molar-refractivity contribution in [2.45, 2.75) is 25.3 Å². The highest BCUT2D eigenvalue weighted by Gasteiger charge is 2.23. The molecular weight excluding hydrogens is 314 g/mol. The number of aromatic nitrogens is 3. The van der Waals surface area contributed by atoms with Gasteiger partial charge in [0.15, 0.2) is 0 Å². The molecule has 1 amide bonds. The maximum Gasteiger partial charge on any atom is 0.225 e. The van der Waals surface area contributed by atoms with E-state index in [1.54, 1.807) is 12.4 Å². The van der Waals surface area contributed by atoms with Crippen molar-refractivity contribution < 1.29 is 4.79 Å². The Morgan fingerprint density at radius 3 is 2.96 bits per heavy atom. The van der Waals surface area contributed by atoms with Crippen LogP contribution >= 0.6 is 0 Å². The molecule has 1 aromatic carbocycles. The van der Waals surface area contributed by atoms with Gasteiger partial charge in [0.1, 0.15) is 0 Å². The van der Waals surface area contributed by atoms with Gasteiger partial charge in [0, 0.05) is 48.6 Å². The molecule has 2 aromatic heterocycles. The van der Waals surface area contributed by atoms with Crippen LogP contribution < -0.4 is 10.2 Å². The average molecular weight is 335 g/mol. The molecule has 6 nitrogen and oxygen atoms in total. The predicted octanol–water partition coefficient (Wildman–Crippen LogP) is 2.29. The smallest absolute Gasteiger partial charge is 0.225 e. The molecule has 3 aromatic rings. The molecule has 0 unspecified atom stereocenters. The number of fused-ring (bicyclic) bond motifs is 1. The maximum atomic E-state index is 12.5. The molecule has 3 heterocycles. The minimum atomic E-state index is 0.0607. The van der Waals surface area contributed by atoms with Crippen molar-refractivity contribution >= 4 is 22.8 Å². The molecule has 128 valence electrons. The zero-order valence-corrected chi connectivity index (χ0v) is 14.0. The molecule has 4 rings (SSSR count). The van der Waals surface area contributed by atoms with Crippen LogP contribution in [0.1, 0.15) is 18.4 Å². The molecule has 0 radical (unpaired) electrons. The molecule has 0 bridgehead atoms. The van der Waals surface area contributed by atoms with Gasteiger partial charge in [-0.1, -0.05) is 18.2 Å². The Bertz CT molecular complexity index is 860. The lowest BCUT2D eigenvalue weighted by Gasteiger charge is -2.33. The van der Waals surface area contributed by atoms with Gasteiger partial charge in [-0.05, 0) is 30.5 Å². The van der Waals surface area contributed by atoms with Crippen LogP contribution in [0.2, 0.25) is 0 Å². The lowest BCUT2D eigenvalue weighted by molar-refractivity contribution is -0.121. The number of hydrogen-bond acceptors (Lipinski definition) is 4. The summed E-state index contributed by atoms with van der Waals surface area (Å²) in [6.45, 7) is 1.68. The number of H-pyrrole nitrogens is 1. The van der Waals surface area contributed by atoms with Crippen molar-refractivity contribution in [1.82, 2.24) is 20.3 Å². The highest BCUT2D eigenvalue weighted by molar-refractivity contribution is 5.88. The number of carbonyl (C=O) groups is 1. The van der Waals surface area contributed by atoms with Crippen molar-refractivity contribution in [3.05, 3.63) is 54.5 Å². The monoisotopic (exact) mass is 335 g/mol. The SMILES string of the molecule is O=C(Cc1c[nH]c2ccccc12)N[C@H]1CCCN(c2ncccn2)C1. The molecule has 1 saturated heterocycles. The van der Waals surface area contributed by atoms with Gasteiger partial charge < -0.3 is 15.2 Å². The van der Waals surface area contributed by atoms with Crippen molar-refractivity contribution in [2.24, 2.45) is 0 Å². The van der Waals surface area contributed by atoms with Crippen molar-refractivity contribution in [3.63, 3.8) is 0 Å². The highest BCUT2D eigenvalue weighted by atomic mass is 16.1. The number of aromatic amines is 1. The van der Waals surface area contributed by atoms with Crippen molar-refractivity contribution in [1.29, 1.82) is 0 Å². The number of benzene rings is 1. The summed E-state index contributed by atoms with van der Waals surface area (Å²) in [7, 11) is 0. The Morgan fingerprint density at radius 2 is 2.08 bits per heavy atom. The van der Waals surface area contributed by atoms with E-state index in [9.17, 15) is 4.79 Å². The molecule has 2 N–H and O–H groups in total. The van der Waals surface area contributed by atoms with Gasteiger partial charge in [-0.25, -0.2) is 9.97 Å². The fraction of sp³-hybridized carbons (Fsp3) is 0.316. The summed E-state index contributed by atoms with van der Waals surface area (Å²) in [5.41, 5.74) is 2.10. The van der Waals surface area contributed by atoms with Crippen LogP contribution in [0, 0.1) is 0 Å². The van der Waals surface area contributed by atoms with Crippen LogP contribution in [0.3, 0.4) is 0 Å². The number of piperidine rings is 1. The summed E-state index contributed by atoms with van der Waals surface area (Å²) in [6, 6.07) is 10.0. The number of para-hydroxylation sites is 1. The molecule has 1 aliphatic heterocycles. The first-order chi connectivity index (χ1) is 12.3. The van der Waals surface area contributed by atoms with Crippen LogP contribution in [-0.2, 0) is 11.2 Å². The largest absolute Gasteiger partial charge is 0.361 e. The lowest BCUT2D eigenvalue weighted by atomic mass is 10.0. The number of carbonyl (C=O) groups excluding carboxylic acids is 1. The predicted molar refractivity (Wildman–Crippen MR) is 97.4 cm³/mol. The second-order valence-electron chi connectivity index (χ2n) is 6.44. The van der Waals surface area contributed by atoms with Gasteiger partial charge in [0.05, 0.1) is 6.42 Å². The van der Waals surface area contributed by atoms with Crippen LogP contribution in [-0.4, -0.2) is 40.0 Å². The van der Waals surface area contributed by atoms with Crippen LogP contribution in [0.4, 0.5) is 5.95 Å². The first kappa shape index (κ1) is 15.6. The number of hydrogen-bond donors (Lipinski definition) is 2. The summed E-state index contributed by atoms with van der Waals surface area (Å²) >= 11 is 0. The first-order valence-electron chi connectivity index (χ1n) is 8.66. The zero-order chi connectivity index (χ0) is 17.1. The third-order valence-electron chi connectivity index (χ3n) is 4.65. The summed E-state index contributed by atoms with van der Waals surface area (Å²) in [5.74, 6) is 0.795. The van der Waals surface area contributed by atoms with Crippen molar-refractivity contribution in [2.75, 3.05) is 18.0 Å². The Balaban J connectivity index is 1.39. The summed E-state index contributed by atoms with van der Waals surface area (Å²) in [4.78, 5) is 26.5. The molecule has 25 heavy (non-hydrogen) atoms. The second kappa shape index (κ2) is 6.93. The van der Waals surface area contributed by atoms with Crippen LogP contribution in [0.5, 0.6) is 0 Å². The minimum absolute atomic E-state index is 0.0607. The molecule has 1 aliphatic rings. The van der Waals surface area contributed by atoms with Gasteiger partial charge in [-0.2, -0.15) is 0 Å². The average Bonchev–Trinajstić information content (AvgIpc) is 3.06. The highest BCUT2D eigenvalue weighted by Crippen LogP contribution is 2.19. The quantitative estimate of drug-likeness (QED) is 0.767. The number of rotatable bonds is 4. The zero-order valence-electron chi connectivity index (χ0n) is 14.0. The standard InChI is InChI=1S/C19H21N5O/c25-18(11-14-12-22-17-7-2-1-6-16(14)17)23-15-5-3-10-24(13-15)19-20-8-4-9-21-19/h1-2,4,6-9,12,15,22H,3,5,10-11,13H2,(H,23,25)/t15-/m0/s1. The third-order valence-corrected chi connectivity index (χ3v) is 4.65. The minimum Gasteiger partial charge on any atom is -0.361 e. The van der Waals surface area contributed by atoms with Crippen LogP contribution in [0.25, 0.3) is 10.9 Å². The Kier molecular flexibility index (Phi) is 4.33. The summed E-state index contributed by atoms with van der Waals surface area (Å²) < 4.78 is 0. The van der Waals surface area contributed by atoms with Crippen molar-refractivity contribution in [3.8, 4) is 0 Å². The van der Waals surface area contributed by atoms with E-state index < -0.39 is 0 Å². The number of amides is 1. The van der Waals surface area contributed by atoms with E-state index in [1.165, 1.54) is 0 Å². The third kappa shape index (κ3) is 3.47. The van der Waals surface area contributed by atoms with E-state index in [0.29, 0.717) is 6.42 Å². The van der Waals surface area contributed by atoms with Crippen LogP contribution in [0.15, 0.2) is 48.9 Å². The number of nitrogens with zero attached hydrogens (tertiary/aromatic N) is 3. The van der Waals surface area contributed by atoms with Gasteiger partial charge in [0.2, 0.25) is 11.9 Å². The molecule has 0 aliphatic carbocycles. The van der Waals surface area contributed by atoms with E-state index in [2.05, 4.69) is 25.2 Å². The number of nitrogens with one attached hydrogen (secondary N) is 2. The van der Waals surface area contributed by atoms with E-state index in [0.717, 1.165) is 48.3 Å². The fourth-order valence-corrected chi connectivity index (χ4v) is 3.46. The van der Waals surface area contributed by atoms with Gasteiger partial charge in [-0.3, -0.25) is 4.79 Å². The molecule has 1 atom stereocenters. The Hall–Kier alpha value is -2.89. The second-order valence-corrected chi connectivity index (χ2v) is 6.44. The van der Waals surface area contributed by atoms with E-state index >= 15 is 0 Å². The normalized spacial score (nSPS) is 17.6. The fourth-order valence-electron chi connectivity index (χ4n) is 3.46. The van der Waals surface area contributed by atoms with Gasteiger partial charge >= 0.3 is 0 Å². The number of anilines is 1. The molecule has 0 spiro atoms. The Labute approximate surface area is 146 Å².